The fourth-order valence-corrected chi connectivity index (χ4v) is 6.98. The fraction of sp³-hybridized carbons (Fsp3) is 0.289. The molecule has 4 aliphatic rings. The second kappa shape index (κ2) is 16.4. The van der Waals surface area contributed by atoms with Crippen LogP contribution in [0.1, 0.15) is 29.5 Å². The van der Waals surface area contributed by atoms with Crippen molar-refractivity contribution < 1.29 is 41.3 Å². The Labute approximate surface area is 308 Å². The van der Waals surface area contributed by atoms with Gasteiger partial charge in [-0.05, 0) is 29.3 Å². The van der Waals surface area contributed by atoms with Gasteiger partial charge in [-0.1, -0.05) is 103 Å². The molecule has 4 aromatic rings. The van der Waals surface area contributed by atoms with E-state index in [9.17, 15) is 15.1 Å². The van der Waals surface area contributed by atoms with E-state index in [-0.39, 0.29) is 42.0 Å². The molecule has 258 valence electrons. The lowest BCUT2D eigenvalue weighted by molar-refractivity contribution is -0.928. The number of nitrogens with zero attached hydrogens (tertiary/aromatic N) is 4. The number of benzene rings is 4. The summed E-state index contributed by atoms with van der Waals surface area (Å²) in [5.74, 6) is 0.405. The molecule has 0 amide bonds. The van der Waals surface area contributed by atoms with Crippen LogP contribution in [0.25, 0.3) is 5.70 Å². The zero-order chi connectivity index (χ0) is 33.0. The van der Waals surface area contributed by atoms with Crippen LogP contribution in [-0.2, 0) is 15.1 Å². The number of hydroxylamine groups is 2. The summed E-state index contributed by atoms with van der Waals surface area (Å²) in [4.78, 5) is 21.8. The van der Waals surface area contributed by atoms with Crippen molar-refractivity contribution in [3.63, 3.8) is 0 Å². The zero-order valence-corrected chi connectivity index (χ0v) is 30.6. The van der Waals surface area contributed by atoms with Gasteiger partial charge in [-0.2, -0.15) is 0 Å². The predicted molar refractivity (Wildman–Crippen MR) is 190 cm³/mol. The molecule has 0 saturated carbocycles. The first-order valence-corrected chi connectivity index (χ1v) is 16.3. The molecule has 0 aliphatic carbocycles. The number of hydrogen-bond donors (Lipinski definition) is 2. The number of halogens is 3. The number of piperidine rings is 3. The largest absolute Gasteiger partial charge is 1.00 e. The van der Waals surface area contributed by atoms with Crippen LogP contribution >= 0.6 is 24.0 Å². The van der Waals surface area contributed by atoms with Crippen molar-refractivity contribution in [2.24, 2.45) is 15.9 Å². The van der Waals surface area contributed by atoms with Crippen molar-refractivity contribution in [2.45, 2.75) is 24.5 Å². The zero-order valence-electron chi connectivity index (χ0n) is 27.5. The van der Waals surface area contributed by atoms with Gasteiger partial charge in [0.2, 0.25) is 5.60 Å². The predicted octanol–water partition coefficient (Wildman–Crippen LogP) is 1.98. The SMILES string of the molecule is CN=C1CN(O)C(c2ccccc2)=c2cc(Cl)ccc2=N1.C[N+]12CCC(CC1)C(OC(=O)C(O)(c1ccccc1)c1ccccc1)C2.Cl.[Br-]. The average Bonchev–Trinajstić information content (AvgIpc) is 3.24. The van der Waals surface area contributed by atoms with Crippen LogP contribution in [0.2, 0.25) is 5.02 Å². The number of rotatable bonds is 5. The van der Waals surface area contributed by atoms with Crippen molar-refractivity contribution in [3.8, 4) is 0 Å². The van der Waals surface area contributed by atoms with Gasteiger partial charge >= 0.3 is 5.97 Å². The molecule has 49 heavy (non-hydrogen) atoms. The summed E-state index contributed by atoms with van der Waals surface area (Å²) < 4.78 is 6.92. The summed E-state index contributed by atoms with van der Waals surface area (Å²) in [6.07, 6.45) is 2.06. The topological polar surface area (TPSA) is 94.7 Å². The van der Waals surface area contributed by atoms with Gasteiger partial charge in [0, 0.05) is 41.6 Å². The van der Waals surface area contributed by atoms with Gasteiger partial charge in [0.1, 0.15) is 18.9 Å². The van der Waals surface area contributed by atoms with E-state index in [1.165, 1.54) is 5.06 Å². The van der Waals surface area contributed by atoms with Crippen LogP contribution in [0, 0.1) is 5.92 Å². The number of likely N-dealkylation sites (N-methyl/N-ethyl adjacent to an activating group) is 1. The van der Waals surface area contributed by atoms with Gasteiger partial charge in [0.25, 0.3) is 0 Å². The highest BCUT2D eigenvalue weighted by Gasteiger charge is 2.49. The van der Waals surface area contributed by atoms with Gasteiger partial charge in [-0.15, -0.1) is 12.4 Å². The van der Waals surface area contributed by atoms with E-state index in [1.807, 2.05) is 78.9 Å². The second-order valence-electron chi connectivity index (χ2n) is 12.7. The third-order valence-corrected chi connectivity index (χ3v) is 9.72. The number of quaternary nitrogens is 1. The van der Waals surface area contributed by atoms with Gasteiger partial charge in [-0.3, -0.25) is 10.2 Å². The molecule has 8 nitrogen and oxygen atoms in total. The minimum Gasteiger partial charge on any atom is -1.00 e. The third-order valence-electron chi connectivity index (χ3n) is 9.48. The van der Waals surface area contributed by atoms with E-state index in [0.29, 0.717) is 33.6 Å². The summed E-state index contributed by atoms with van der Waals surface area (Å²) >= 11 is 6.12. The van der Waals surface area contributed by atoms with E-state index in [1.54, 1.807) is 37.4 Å². The first kappa shape index (κ1) is 38.2. The van der Waals surface area contributed by atoms with Crippen molar-refractivity contribution in [1.82, 2.24) is 5.06 Å². The van der Waals surface area contributed by atoms with Crippen molar-refractivity contribution in [3.05, 3.63) is 141 Å². The average molecular weight is 769 g/mol. The molecule has 3 saturated heterocycles. The maximum absolute atomic E-state index is 13.2. The normalized spacial score (nSPS) is 21.9. The Hall–Kier alpha value is -3.57. The number of amidine groups is 1. The molecule has 4 aromatic carbocycles. The Morgan fingerprint density at radius 1 is 0.939 bits per heavy atom. The van der Waals surface area contributed by atoms with Gasteiger partial charge in [0.15, 0.2) is 6.10 Å². The lowest BCUT2D eigenvalue weighted by Crippen LogP contribution is -3.00. The minimum absolute atomic E-state index is 0. The summed E-state index contributed by atoms with van der Waals surface area (Å²) in [5.41, 5.74) is 0.870. The van der Waals surface area contributed by atoms with Crippen LogP contribution in [0.4, 0.5) is 0 Å². The molecule has 4 aliphatic heterocycles. The second-order valence-corrected chi connectivity index (χ2v) is 13.1. The third kappa shape index (κ3) is 8.26. The molecule has 0 aromatic heterocycles. The number of aliphatic hydroxyl groups is 1. The summed E-state index contributed by atoms with van der Waals surface area (Å²) in [7, 11) is 3.90. The van der Waals surface area contributed by atoms with Crippen LogP contribution in [0.5, 0.6) is 0 Å². The number of esters is 1. The van der Waals surface area contributed by atoms with Gasteiger partial charge in [-0.25, -0.2) is 14.9 Å². The molecule has 2 N–H and O–H groups in total. The van der Waals surface area contributed by atoms with Crippen molar-refractivity contribution in [2.75, 3.05) is 40.3 Å². The first-order valence-electron chi connectivity index (χ1n) is 15.9. The highest BCUT2D eigenvalue weighted by molar-refractivity contribution is 6.30. The van der Waals surface area contributed by atoms with E-state index in [2.05, 4.69) is 17.0 Å². The Bertz CT molecular complexity index is 1830. The molecule has 4 heterocycles. The first-order chi connectivity index (χ1) is 22.7. The maximum atomic E-state index is 13.2. The highest BCUT2D eigenvalue weighted by atomic mass is 79.9. The van der Waals surface area contributed by atoms with Gasteiger partial charge in [0.05, 0.1) is 31.2 Å². The Morgan fingerprint density at radius 2 is 1.49 bits per heavy atom. The lowest BCUT2D eigenvalue weighted by Gasteiger charge is -2.50. The summed E-state index contributed by atoms with van der Waals surface area (Å²) in [6.45, 7) is 3.38. The molecule has 1 unspecified atom stereocenters. The summed E-state index contributed by atoms with van der Waals surface area (Å²) in [5, 5.41) is 25.3. The molecule has 3 fully saturated rings. The van der Waals surface area contributed by atoms with E-state index >= 15 is 0 Å². The Morgan fingerprint density at radius 3 is 2.02 bits per heavy atom. The Balaban J connectivity index is 0.000000217. The number of aliphatic imine (C=N–C) groups is 1. The number of carbonyl (C=O) groups is 1. The molecular formula is C38H41BrCl2N4O4. The standard InChI is InChI=1S/C22H26NO3.C16H14ClN3O.BrH.ClH/c1-23-14-12-17(13-15-23)20(16-23)26-21(24)22(25,18-8-4-2-5-9-18)19-10-6-3-7-11-19;1-18-15-10-20(21)16(11-5-3-2-4-6-11)13-9-12(17)7-8-14(13)19-15;;/h2-11,17,20,25H,12-16H2,1H3;2-9,21H,10H2,1H3;2*1H/q+1;;;/p-1. The maximum Gasteiger partial charge on any atom is 0.348 e. The van der Waals surface area contributed by atoms with E-state index < -0.39 is 11.6 Å². The Kier molecular flexibility index (Phi) is 12.8. The van der Waals surface area contributed by atoms with E-state index in [0.717, 1.165) is 53.1 Å². The summed E-state index contributed by atoms with van der Waals surface area (Å²) in [6, 6.07) is 33.3. The molecule has 11 heteroatoms. The van der Waals surface area contributed by atoms with Gasteiger partial charge < -0.3 is 31.3 Å². The van der Waals surface area contributed by atoms with Crippen LogP contribution in [0.3, 0.4) is 0 Å². The monoisotopic (exact) mass is 766 g/mol. The molecule has 0 radical (unpaired) electrons. The smallest absolute Gasteiger partial charge is 0.348 e. The minimum atomic E-state index is -1.78. The molecular weight excluding hydrogens is 727 g/mol. The number of fused-ring (bicyclic) bond motifs is 4. The molecule has 2 bridgehead atoms. The van der Waals surface area contributed by atoms with Crippen molar-refractivity contribution >= 4 is 41.5 Å². The highest BCUT2D eigenvalue weighted by Crippen LogP contribution is 2.37. The van der Waals surface area contributed by atoms with Crippen LogP contribution < -0.4 is 27.6 Å². The molecule has 8 rings (SSSR count). The quantitative estimate of drug-likeness (QED) is 0.240. The van der Waals surface area contributed by atoms with E-state index in [4.69, 9.17) is 16.3 Å². The van der Waals surface area contributed by atoms with Crippen LogP contribution in [0.15, 0.2) is 119 Å². The number of hydrogen-bond acceptors (Lipinski definition) is 6. The van der Waals surface area contributed by atoms with Crippen LogP contribution in [-0.4, -0.2) is 78.0 Å². The van der Waals surface area contributed by atoms with Crippen molar-refractivity contribution in [1.29, 1.82) is 0 Å². The number of carbonyl (C=O) groups excluding carboxylic acids is 1. The molecule has 0 spiro atoms. The molecule has 1 atom stereocenters. The number of ether oxygens (including phenoxy) is 1. The lowest BCUT2D eigenvalue weighted by atomic mass is 9.83. The fourth-order valence-electron chi connectivity index (χ4n) is 6.81.